The van der Waals surface area contributed by atoms with Crippen LogP contribution in [0.2, 0.25) is 0 Å². The summed E-state index contributed by atoms with van der Waals surface area (Å²) in [5.41, 5.74) is 2.32. The number of rotatable bonds is 9. The Balaban J connectivity index is 1.86. The molecule has 9 nitrogen and oxygen atoms in total. The summed E-state index contributed by atoms with van der Waals surface area (Å²) in [6.07, 6.45) is 0. The van der Waals surface area contributed by atoms with Crippen LogP contribution in [0.5, 0.6) is 11.5 Å². The van der Waals surface area contributed by atoms with Crippen molar-refractivity contribution in [2.24, 2.45) is 5.92 Å². The molecule has 1 atom stereocenters. The Bertz CT molecular complexity index is 1120. The van der Waals surface area contributed by atoms with E-state index in [1.54, 1.807) is 56.3 Å². The van der Waals surface area contributed by atoms with Gasteiger partial charge in [0.15, 0.2) is 11.5 Å². The minimum atomic E-state index is -0.712. The first kappa shape index (κ1) is 25.6. The fourth-order valence-corrected chi connectivity index (χ4v) is 3.59. The largest absolute Gasteiger partial charge is 0.493 e. The van der Waals surface area contributed by atoms with E-state index in [1.807, 2.05) is 13.8 Å². The van der Waals surface area contributed by atoms with Gasteiger partial charge in [-0.3, -0.25) is 4.79 Å². The maximum Gasteiger partial charge on any atom is 0.338 e. The van der Waals surface area contributed by atoms with Gasteiger partial charge in [-0.15, -0.1) is 0 Å². The van der Waals surface area contributed by atoms with Crippen molar-refractivity contribution in [3.63, 3.8) is 0 Å². The molecule has 1 aliphatic heterocycles. The van der Waals surface area contributed by atoms with E-state index in [9.17, 15) is 14.4 Å². The highest BCUT2D eigenvalue weighted by Crippen LogP contribution is 2.34. The summed E-state index contributed by atoms with van der Waals surface area (Å²) in [5.74, 6) is 0.595. The summed E-state index contributed by atoms with van der Waals surface area (Å²) in [4.78, 5) is 37.4. The molecular formula is C26H31N3O6. The van der Waals surface area contributed by atoms with Crippen LogP contribution in [0.4, 0.5) is 10.5 Å². The number of nitrogens with one attached hydrogen (secondary N) is 3. The molecule has 0 spiro atoms. The van der Waals surface area contributed by atoms with Crippen molar-refractivity contribution >= 4 is 23.6 Å². The smallest absolute Gasteiger partial charge is 0.338 e. The molecule has 35 heavy (non-hydrogen) atoms. The van der Waals surface area contributed by atoms with E-state index in [4.69, 9.17) is 14.2 Å². The zero-order valence-electron chi connectivity index (χ0n) is 20.6. The summed E-state index contributed by atoms with van der Waals surface area (Å²) >= 11 is 0. The molecule has 1 heterocycles. The summed E-state index contributed by atoms with van der Waals surface area (Å²) < 4.78 is 16.3. The number of allylic oxidation sites excluding steroid dienone is 1. The molecule has 3 N–H and O–H groups in total. The van der Waals surface area contributed by atoms with Crippen LogP contribution < -0.4 is 25.4 Å². The van der Waals surface area contributed by atoms with Crippen LogP contribution >= 0.6 is 0 Å². The van der Waals surface area contributed by atoms with Crippen molar-refractivity contribution in [2.75, 3.05) is 25.6 Å². The van der Waals surface area contributed by atoms with E-state index in [1.165, 1.54) is 7.11 Å². The third-order valence-electron chi connectivity index (χ3n) is 5.26. The first-order valence-corrected chi connectivity index (χ1v) is 11.4. The Morgan fingerprint density at radius 3 is 2.43 bits per heavy atom. The number of ether oxygens (including phenoxy) is 3. The van der Waals surface area contributed by atoms with Gasteiger partial charge in [0, 0.05) is 11.4 Å². The van der Waals surface area contributed by atoms with E-state index >= 15 is 0 Å². The highest BCUT2D eigenvalue weighted by molar-refractivity contribution is 6.07. The first-order valence-electron chi connectivity index (χ1n) is 11.4. The second-order valence-electron chi connectivity index (χ2n) is 8.44. The molecule has 0 aliphatic carbocycles. The highest BCUT2D eigenvalue weighted by Gasteiger charge is 2.32. The number of anilines is 1. The molecule has 9 heteroatoms. The molecule has 0 bridgehead atoms. The maximum absolute atomic E-state index is 13.3. The third-order valence-corrected chi connectivity index (χ3v) is 5.26. The predicted octanol–water partition coefficient (Wildman–Crippen LogP) is 4.17. The highest BCUT2D eigenvalue weighted by atomic mass is 16.5. The van der Waals surface area contributed by atoms with Gasteiger partial charge in [-0.05, 0) is 61.7 Å². The van der Waals surface area contributed by atoms with E-state index in [0.717, 1.165) is 0 Å². The number of carbonyl (C=O) groups is 3. The van der Waals surface area contributed by atoms with Gasteiger partial charge in [-0.25, -0.2) is 9.59 Å². The van der Waals surface area contributed by atoms with Crippen LogP contribution in [0.3, 0.4) is 0 Å². The number of amides is 3. The van der Waals surface area contributed by atoms with Gasteiger partial charge < -0.3 is 30.2 Å². The van der Waals surface area contributed by atoms with Gasteiger partial charge in [0.05, 0.1) is 37.5 Å². The monoisotopic (exact) mass is 481 g/mol. The van der Waals surface area contributed by atoms with Gasteiger partial charge in [0.2, 0.25) is 0 Å². The van der Waals surface area contributed by atoms with Crippen LogP contribution in [0.1, 0.15) is 49.7 Å². The van der Waals surface area contributed by atoms with Crippen molar-refractivity contribution in [2.45, 2.75) is 33.7 Å². The molecule has 3 rings (SSSR count). The van der Waals surface area contributed by atoms with Crippen molar-refractivity contribution in [3.05, 3.63) is 64.9 Å². The lowest BCUT2D eigenvalue weighted by atomic mass is 9.94. The lowest BCUT2D eigenvalue weighted by molar-refractivity contribution is -0.113. The molecule has 0 saturated carbocycles. The van der Waals surface area contributed by atoms with Gasteiger partial charge in [-0.1, -0.05) is 19.9 Å². The van der Waals surface area contributed by atoms with Crippen LogP contribution in [-0.4, -0.2) is 38.2 Å². The third kappa shape index (κ3) is 6.32. The Kier molecular flexibility index (Phi) is 8.35. The molecule has 2 aromatic rings. The number of esters is 1. The van der Waals surface area contributed by atoms with E-state index in [-0.39, 0.29) is 6.61 Å². The molecule has 0 saturated heterocycles. The van der Waals surface area contributed by atoms with Gasteiger partial charge in [0.1, 0.15) is 0 Å². The number of carbonyl (C=O) groups excluding carboxylic acids is 3. The van der Waals surface area contributed by atoms with Crippen LogP contribution in [0.15, 0.2) is 53.7 Å². The summed E-state index contributed by atoms with van der Waals surface area (Å²) in [6, 6.07) is 10.6. The Labute approximate surface area is 204 Å². The topological polar surface area (TPSA) is 115 Å². The first-order chi connectivity index (χ1) is 16.7. The molecular weight excluding hydrogens is 450 g/mol. The number of benzene rings is 2. The molecule has 0 aromatic heterocycles. The van der Waals surface area contributed by atoms with E-state index in [2.05, 4.69) is 16.0 Å². The van der Waals surface area contributed by atoms with Crippen molar-refractivity contribution in [3.8, 4) is 11.5 Å². The molecule has 1 aliphatic rings. The number of methoxy groups -OCH3 is 1. The zero-order chi connectivity index (χ0) is 25.5. The number of urea groups is 1. The van der Waals surface area contributed by atoms with Crippen LogP contribution in [0.25, 0.3) is 0 Å². The SMILES string of the molecule is CCOC(=O)c1ccc(NC(=O)C2=C(C)NC(=O)N[C@H]2c2ccc(OCC(C)C)c(OC)c2)cc1. The van der Waals surface area contributed by atoms with Crippen molar-refractivity contribution < 1.29 is 28.6 Å². The second-order valence-corrected chi connectivity index (χ2v) is 8.44. The molecule has 0 fully saturated rings. The van der Waals surface area contributed by atoms with E-state index < -0.39 is 23.9 Å². The molecule has 0 unspecified atom stereocenters. The lowest BCUT2D eigenvalue weighted by Crippen LogP contribution is -2.46. The fraction of sp³-hybridized carbons (Fsp3) is 0.346. The van der Waals surface area contributed by atoms with Gasteiger partial charge in [-0.2, -0.15) is 0 Å². The standard InChI is InChI=1S/C26H31N3O6/c1-6-34-25(31)17-7-10-19(11-8-17)28-24(30)22-16(4)27-26(32)29-23(22)18-9-12-20(21(13-18)33-5)35-14-15(2)3/h7-13,15,23H,6,14H2,1-5H3,(H,28,30)(H2,27,29,32)/t23-/m0/s1. The quantitative estimate of drug-likeness (QED) is 0.463. The van der Waals surface area contributed by atoms with E-state index in [0.29, 0.717) is 52.1 Å². The lowest BCUT2D eigenvalue weighted by Gasteiger charge is -2.29. The van der Waals surface area contributed by atoms with Crippen molar-refractivity contribution in [1.82, 2.24) is 10.6 Å². The molecule has 2 aromatic carbocycles. The predicted molar refractivity (Wildman–Crippen MR) is 131 cm³/mol. The average molecular weight is 482 g/mol. The normalized spacial score (nSPS) is 15.3. The maximum atomic E-state index is 13.3. The summed E-state index contributed by atoms with van der Waals surface area (Å²) in [7, 11) is 1.54. The van der Waals surface area contributed by atoms with Crippen LogP contribution in [-0.2, 0) is 9.53 Å². The molecule has 0 radical (unpaired) electrons. The Morgan fingerprint density at radius 2 is 1.80 bits per heavy atom. The van der Waals surface area contributed by atoms with Gasteiger partial charge >= 0.3 is 12.0 Å². The number of hydrogen-bond acceptors (Lipinski definition) is 6. The Morgan fingerprint density at radius 1 is 1.09 bits per heavy atom. The fourth-order valence-electron chi connectivity index (χ4n) is 3.59. The minimum Gasteiger partial charge on any atom is -0.493 e. The zero-order valence-corrected chi connectivity index (χ0v) is 20.6. The second kappa shape index (κ2) is 11.4. The molecule has 186 valence electrons. The Hall–Kier alpha value is -4.01. The molecule has 3 amide bonds. The van der Waals surface area contributed by atoms with Gasteiger partial charge in [0.25, 0.3) is 5.91 Å². The van der Waals surface area contributed by atoms with Crippen LogP contribution in [0, 0.1) is 5.92 Å². The van der Waals surface area contributed by atoms with Crippen molar-refractivity contribution in [1.29, 1.82) is 0 Å². The summed E-state index contributed by atoms with van der Waals surface area (Å²) in [6.45, 7) is 8.31. The average Bonchev–Trinajstić information content (AvgIpc) is 2.82. The number of hydrogen-bond donors (Lipinski definition) is 3. The minimum absolute atomic E-state index is 0.278. The summed E-state index contributed by atoms with van der Waals surface area (Å²) in [5, 5.41) is 8.30.